The first-order valence-corrected chi connectivity index (χ1v) is 3.98. The quantitative estimate of drug-likeness (QED) is 0.572. The van der Waals surface area contributed by atoms with Crippen LogP contribution in [0.3, 0.4) is 0 Å². The minimum Gasteiger partial charge on any atom is -0.390 e. The zero-order chi connectivity index (χ0) is 7.78. The van der Waals surface area contributed by atoms with Crippen molar-refractivity contribution in [2.45, 2.75) is 44.8 Å². The average Bonchev–Trinajstić information content (AvgIpc) is 2.11. The van der Waals surface area contributed by atoms with Crippen LogP contribution in [0.5, 0.6) is 0 Å². The molecule has 0 bridgehead atoms. The van der Waals surface area contributed by atoms with Crippen LogP contribution in [0.25, 0.3) is 0 Å². The van der Waals surface area contributed by atoms with Crippen molar-refractivity contribution in [2.24, 2.45) is 11.7 Å². The van der Waals surface area contributed by atoms with Gasteiger partial charge in [-0.2, -0.15) is 0 Å². The number of aliphatic hydroxyl groups is 1. The van der Waals surface area contributed by atoms with Gasteiger partial charge in [-0.1, -0.05) is 0 Å². The summed E-state index contributed by atoms with van der Waals surface area (Å²) < 4.78 is 0. The Labute approximate surface area is 62.4 Å². The molecule has 2 nitrogen and oxygen atoms in total. The smallest absolute Gasteiger partial charge is 0.0620 e. The standard InChI is InChI=1S/C8H17NO/c1-8(2,10)6-3-4-7(9)5-6/h6-7,10H,3-5,9H2,1-2H3/t6?,7-/m1/s1. The number of hydrogen-bond donors (Lipinski definition) is 2. The molecule has 1 fully saturated rings. The molecule has 1 rings (SSSR count). The van der Waals surface area contributed by atoms with Gasteiger partial charge in [0.25, 0.3) is 0 Å². The summed E-state index contributed by atoms with van der Waals surface area (Å²) in [6, 6.07) is 0.330. The normalized spacial score (nSPS) is 34.8. The summed E-state index contributed by atoms with van der Waals surface area (Å²) in [6.45, 7) is 3.74. The monoisotopic (exact) mass is 143 g/mol. The van der Waals surface area contributed by atoms with E-state index in [0.29, 0.717) is 12.0 Å². The number of rotatable bonds is 1. The van der Waals surface area contributed by atoms with E-state index in [1.54, 1.807) is 0 Å². The second kappa shape index (κ2) is 2.51. The highest BCUT2D eigenvalue weighted by Crippen LogP contribution is 2.32. The Morgan fingerprint density at radius 1 is 1.40 bits per heavy atom. The van der Waals surface area contributed by atoms with Crippen molar-refractivity contribution in [2.75, 3.05) is 0 Å². The maximum Gasteiger partial charge on any atom is 0.0620 e. The Kier molecular flexibility index (Phi) is 2.02. The lowest BCUT2D eigenvalue weighted by Crippen LogP contribution is -2.30. The Hall–Kier alpha value is -0.0800. The zero-order valence-electron chi connectivity index (χ0n) is 6.80. The first-order valence-electron chi connectivity index (χ1n) is 3.98. The first-order chi connectivity index (χ1) is 4.50. The van der Waals surface area contributed by atoms with Crippen LogP contribution in [0.15, 0.2) is 0 Å². The molecule has 3 N–H and O–H groups in total. The van der Waals surface area contributed by atoms with E-state index in [0.717, 1.165) is 19.3 Å². The third-order valence-corrected chi connectivity index (χ3v) is 2.47. The van der Waals surface area contributed by atoms with Crippen LogP contribution in [0, 0.1) is 5.92 Å². The Balaban J connectivity index is 2.45. The van der Waals surface area contributed by atoms with Crippen LogP contribution < -0.4 is 5.73 Å². The van der Waals surface area contributed by atoms with Crippen molar-refractivity contribution in [3.8, 4) is 0 Å². The fourth-order valence-corrected chi connectivity index (χ4v) is 1.66. The van der Waals surface area contributed by atoms with Gasteiger partial charge in [0.2, 0.25) is 0 Å². The van der Waals surface area contributed by atoms with Gasteiger partial charge in [-0.15, -0.1) is 0 Å². The molecule has 0 saturated heterocycles. The summed E-state index contributed by atoms with van der Waals surface area (Å²) >= 11 is 0. The predicted octanol–water partition coefficient (Wildman–Crippen LogP) is 0.885. The lowest BCUT2D eigenvalue weighted by Gasteiger charge is -2.24. The molecule has 60 valence electrons. The molecular weight excluding hydrogens is 126 g/mol. The van der Waals surface area contributed by atoms with E-state index in [4.69, 9.17) is 5.73 Å². The second-order valence-electron chi connectivity index (χ2n) is 3.92. The van der Waals surface area contributed by atoms with Crippen molar-refractivity contribution in [1.82, 2.24) is 0 Å². The van der Waals surface area contributed by atoms with Gasteiger partial charge in [-0.25, -0.2) is 0 Å². The SMILES string of the molecule is CC(C)(O)C1CC[C@@H](N)C1. The number of nitrogens with two attached hydrogens (primary N) is 1. The van der Waals surface area contributed by atoms with Crippen LogP contribution in [0.1, 0.15) is 33.1 Å². The van der Waals surface area contributed by atoms with Gasteiger partial charge < -0.3 is 10.8 Å². The molecule has 0 aromatic rings. The summed E-state index contributed by atoms with van der Waals surface area (Å²) in [5.74, 6) is 0.419. The summed E-state index contributed by atoms with van der Waals surface area (Å²) in [7, 11) is 0. The highest BCUT2D eigenvalue weighted by Gasteiger charge is 2.32. The molecule has 10 heavy (non-hydrogen) atoms. The molecule has 1 aliphatic carbocycles. The maximum absolute atomic E-state index is 9.58. The Morgan fingerprint density at radius 2 is 2.00 bits per heavy atom. The van der Waals surface area contributed by atoms with Crippen LogP contribution in [0.2, 0.25) is 0 Å². The summed E-state index contributed by atoms with van der Waals surface area (Å²) in [6.07, 6.45) is 3.16. The molecule has 0 aromatic carbocycles. The van der Waals surface area contributed by atoms with Crippen LogP contribution in [0.4, 0.5) is 0 Å². The molecule has 2 atom stereocenters. The molecule has 0 amide bonds. The Bertz CT molecular complexity index is 117. The summed E-state index contributed by atoms with van der Waals surface area (Å²) in [4.78, 5) is 0. The zero-order valence-corrected chi connectivity index (χ0v) is 6.80. The average molecular weight is 143 g/mol. The number of hydrogen-bond acceptors (Lipinski definition) is 2. The van der Waals surface area contributed by atoms with E-state index >= 15 is 0 Å². The molecule has 0 heterocycles. The van der Waals surface area contributed by atoms with Crippen LogP contribution in [-0.2, 0) is 0 Å². The van der Waals surface area contributed by atoms with E-state index in [1.807, 2.05) is 13.8 Å². The van der Waals surface area contributed by atoms with E-state index < -0.39 is 5.60 Å². The highest BCUT2D eigenvalue weighted by molar-refractivity contribution is 4.87. The van der Waals surface area contributed by atoms with Crippen LogP contribution in [-0.4, -0.2) is 16.7 Å². The third-order valence-electron chi connectivity index (χ3n) is 2.47. The van der Waals surface area contributed by atoms with Crippen molar-refractivity contribution in [1.29, 1.82) is 0 Å². The van der Waals surface area contributed by atoms with Gasteiger partial charge in [0.05, 0.1) is 5.60 Å². The van der Waals surface area contributed by atoms with Crippen molar-refractivity contribution in [3.63, 3.8) is 0 Å². The van der Waals surface area contributed by atoms with Gasteiger partial charge in [0.1, 0.15) is 0 Å². The minimum atomic E-state index is -0.520. The Morgan fingerprint density at radius 3 is 2.20 bits per heavy atom. The molecule has 0 spiro atoms. The lowest BCUT2D eigenvalue weighted by molar-refractivity contribution is 0.0195. The molecular formula is C8H17NO. The fraction of sp³-hybridized carbons (Fsp3) is 1.00. The molecule has 1 unspecified atom stereocenters. The van der Waals surface area contributed by atoms with E-state index in [1.165, 1.54) is 0 Å². The molecule has 1 aliphatic rings. The lowest BCUT2D eigenvalue weighted by atomic mass is 9.90. The molecule has 2 heteroatoms. The molecule has 0 radical (unpaired) electrons. The summed E-state index contributed by atoms with van der Waals surface area (Å²) in [5.41, 5.74) is 5.19. The van der Waals surface area contributed by atoms with E-state index in [-0.39, 0.29) is 0 Å². The van der Waals surface area contributed by atoms with Gasteiger partial charge >= 0.3 is 0 Å². The van der Waals surface area contributed by atoms with Gasteiger partial charge in [-0.05, 0) is 39.0 Å². The van der Waals surface area contributed by atoms with Crippen LogP contribution >= 0.6 is 0 Å². The molecule has 0 aromatic heterocycles. The van der Waals surface area contributed by atoms with Crippen molar-refractivity contribution in [3.05, 3.63) is 0 Å². The molecule has 0 aliphatic heterocycles. The topological polar surface area (TPSA) is 46.2 Å². The maximum atomic E-state index is 9.58. The van der Waals surface area contributed by atoms with Gasteiger partial charge in [0, 0.05) is 6.04 Å². The second-order valence-corrected chi connectivity index (χ2v) is 3.92. The first kappa shape index (κ1) is 8.02. The van der Waals surface area contributed by atoms with E-state index in [2.05, 4.69) is 0 Å². The van der Waals surface area contributed by atoms with Crippen molar-refractivity contribution < 1.29 is 5.11 Å². The third kappa shape index (κ3) is 1.70. The van der Waals surface area contributed by atoms with Crippen molar-refractivity contribution >= 4 is 0 Å². The van der Waals surface area contributed by atoms with Gasteiger partial charge in [0.15, 0.2) is 0 Å². The van der Waals surface area contributed by atoms with Gasteiger partial charge in [-0.3, -0.25) is 0 Å². The predicted molar refractivity (Wildman–Crippen MR) is 41.6 cm³/mol. The minimum absolute atomic E-state index is 0.330. The fourth-order valence-electron chi connectivity index (χ4n) is 1.66. The molecule has 1 saturated carbocycles. The highest BCUT2D eigenvalue weighted by atomic mass is 16.3. The van der Waals surface area contributed by atoms with E-state index in [9.17, 15) is 5.11 Å². The summed E-state index contributed by atoms with van der Waals surface area (Å²) in [5, 5.41) is 9.58. The largest absolute Gasteiger partial charge is 0.390 e.